The number of hydrogen-bond donors (Lipinski definition) is 1. The predicted octanol–water partition coefficient (Wildman–Crippen LogP) is 3.31. The summed E-state index contributed by atoms with van der Waals surface area (Å²) in [5.41, 5.74) is 0.536. The number of nitrogens with zero attached hydrogens (tertiary/aromatic N) is 3. The Hall–Kier alpha value is -2.15. The Balaban J connectivity index is 1.58. The SMILES string of the molecule is CC(C)(C)OC(=O)N[C@H]1CCN(c2nc(-c3ccccc3)ns2)C1. The molecule has 1 aliphatic rings. The number of ether oxygens (including phenoxy) is 1. The van der Waals surface area contributed by atoms with Crippen molar-refractivity contribution in [1.82, 2.24) is 14.7 Å². The van der Waals surface area contributed by atoms with Crippen LogP contribution in [0.2, 0.25) is 0 Å². The quantitative estimate of drug-likeness (QED) is 0.923. The molecule has 1 amide bonds. The summed E-state index contributed by atoms with van der Waals surface area (Å²) < 4.78 is 9.75. The maximum absolute atomic E-state index is 11.9. The number of benzene rings is 1. The van der Waals surface area contributed by atoms with Crippen molar-refractivity contribution in [1.29, 1.82) is 0 Å². The average molecular weight is 346 g/mol. The van der Waals surface area contributed by atoms with E-state index in [1.807, 2.05) is 51.1 Å². The van der Waals surface area contributed by atoms with Crippen molar-refractivity contribution in [2.45, 2.75) is 38.8 Å². The van der Waals surface area contributed by atoms with Gasteiger partial charge >= 0.3 is 6.09 Å². The summed E-state index contributed by atoms with van der Waals surface area (Å²) in [4.78, 5) is 18.7. The molecular formula is C17H22N4O2S. The number of carbonyl (C=O) groups is 1. The summed E-state index contributed by atoms with van der Waals surface area (Å²) >= 11 is 1.39. The fourth-order valence-electron chi connectivity index (χ4n) is 2.57. The average Bonchev–Trinajstić information content (AvgIpc) is 3.15. The molecule has 128 valence electrons. The second-order valence-corrected chi connectivity index (χ2v) is 7.57. The number of rotatable bonds is 3. The van der Waals surface area contributed by atoms with Crippen molar-refractivity contribution in [2.24, 2.45) is 0 Å². The number of hydrogen-bond acceptors (Lipinski definition) is 6. The highest BCUT2D eigenvalue weighted by molar-refractivity contribution is 7.09. The van der Waals surface area contributed by atoms with Crippen LogP contribution in [0.15, 0.2) is 30.3 Å². The van der Waals surface area contributed by atoms with Gasteiger partial charge in [0.05, 0.1) is 6.04 Å². The molecule has 0 saturated carbocycles. The van der Waals surface area contributed by atoms with Crippen molar-refractivity contribution >= 4 is 22.8 Å². The van der Waals surface area contributed by atoms with Gasteiger partial charge in [0.15, 0.2) is 5.82 Å². The minimum Gasteiger partial charge on any atom is -0.444 e. The van der Waals surface area contributed by atoms with Crippen LogP contribution in [0.1, 0.15) is 27.2 Å². The molecule has 1 aromatic heterocycles. The maximum atomic E-state index is 11.9. The molecule has 24 heavy (non-hydrogen) atoms. The fraction of sp³-hybridized carbons (Fsp3) is 0.471. The van der Waals surface area contributed by atoms with Crippen molar-refractivity contribution in [3.05, 3.63) is 30.3 Å². The molecule has 1 atom stereocenters. The Morgan fingerprint density at radius 1 is 1.33 bits per heavy atom. The number of alkyl carbamates (subject to hydrolysis) is 1. The second kappa shape index (κ2) is 6.76. The first-order valence-electron chi connectivity index (χ1n) is 8.04. The summed E-state index contributed by atoms with van der Waals surface area (Å²) in [6, 6.07) is 10.0. The van der Waals surface area contributed by atoms with Crippen LogP contribution in [0.25, 0.3) is 11.4 Å². The molecule has 2 heterocycles. The standard InChI is InChI=1S/C17H22N4O2S/c1-17(2,3)23-16(22)18-13-9-10-21(11-13)15-19-14(20-24-15)12-7-5-4-6-8-12/h4-8,13H,9-11H2,1-3H3,(H,18,22)/t13-/m0/s1. The summed E-state index contributed by atoms with van der Waals surface area (Å²) in [7, 11) is 0. The third-order valence-corrected chi connectivity index (χ3v) is 4.40. The summed E-state index contributed by atoms with van der Waals surface area (Å²) in [5.74, 6) is 0.749. The molecule has 0 unspecified atom stereocenters. The largest absolute Gasteiger partial charge is 0.444 e. The van der Waals surface area contributed by atoms with E-state index >= 15 is 0 Å². The molecule has 1 saturated heterocycles. The van der Waals surface area contributed by atoms with Crippen LogP contribution in [0.3, 0.4) is 0 Å². The van der Waals surface area contributed by atoms with Crippen molar-refractivity contribution in [3.63, 3.8) is 0 Å². The first-order valence-corrected chi connectivity index (χ1v) is 8.82. The van der Waals surface area contributed by atoms with E-state index in [1.165, 1.54) is 11.5 Å². The number of anilines is 1. The van der Waals surface area contributed by atoms with Crippen molar-refractivity contribution in [3.8, 4) is 11.4 Å². The van der Waals surface area contributed by atoms with E-state index in [0.717, 1.165) is 36.0 Å². The Bertz CT molecular complexity index is 696. The van der Waals surface area contributed by atoms with Gasteiger partial charge in [-0.2, -0.15) is 9.36 Å². The maximum Gasteiger partial charge on any atom is 0.407 e. The minimum absolute atomic E-state index is 0.0731. The van der Waals surface area contributed by atoms with Crippen LogP contribution < -0.4 is 10.2 Å². The van der Waals surface area contributed by atoms with Gasteiger partial charge in [-0.3, -0.25) is 0 Å². The Morgan fingerprint density at radius 2 is 2.08 bits per heavy atom. The molecule has 1 N–H and O–H groups in total. The topological polar surface area (TPSA) is 67.3 Å². The van der Waals surface area contributed by atoms with Gasteiger partial charge in [-0.25, -0.2) is 4.79 Å². The number of nitrogens with one attached hydrogen (secondary N) is 1. The molecule has 1 aromatic carbocycles. The fourth-order valence-corrected chi connectivity index (χ4v) is 3.30. The molecule has 7 heteroatoms. The van der Waals surface area contributed by atoms with Crippen LogP contribution >= 0.6 is 11.5 Å². The molecule has 1 aliphatic heterocycles. The van der Waals surface area contributed by atoms with Gasteiger partial charge in [-0.1, -0.05) is 30.3 Å². The Labute approximate surface area is 146 Å². The lowest BCUT2D eigenvalue weighted by molar-refractivity contribution is 0.0509. The van der Waals surface area contributed by atoms with Gasteiger partial charge in [0.1, 0.15) is 5.60 Å². The van der Waals surface area contributed by atoms with E-state index in [9.17, 15) is 4.79 Å². The van der Waals surface area contributed by atoms with E-state index in [2.05, 4.69) is 19.6 Å². The molecule has 1 fully saturated rings. The Morgan fingerprint density at radius 3 is 2.79 bits per heavy atom. The van der Waals surface area contributed by atoms with E-state index in [4.69, 9.17) is 4.74 Å². The summed E-state index contributed by atoms with van der Waals surface area (Å²) in [5, 5.41) is 3.82. The van der Waals surface area contributed by atoms with Crippen molar-refractivity contribution in [2.75, 3.05) is 18.0 Å². The number of amides is 1. The molecule has 3 rings (SSSR count). The zero-order valence-corrected chi connectivity index (χ0v) is 15.0. The lowest BCUT2D eigenvalue weighted by Crippen LogP contribution is -2.40. The molecule has 0 spiro atoms. The smallest absolute Gasteiger partial charge is 0.407 e. The molecule has 0 radical (unpaired) electrons. The van der Waals surface area contributed by atoms with E-state index < -0.39 is 5.60 Å². The summed E-state index contributed by atoms with van der Waals surface area (Å²) in [6.07, 6.45) is 0.510. The lowest BCUT2D eigenvalue weighted by Gasteiger charge is -2.21. The zero-order valence-electron chi connectivity index (χ0n) is 14.2. The van der Waals surface area contributed by atoms with Gasteiger partial charge < -0.3 is 15.0 Å². The van der Waals surface area contributed by atoms with Crippen LogP contribution in [0.5, 0.6) is 0 Å². The highest BCUT2D eigenvalue weighted by Gasteiger charge is 2.28. The highest BCUT2D eigenvalue weighted by atomic mass is 32.1. The lowest BCUT2D eigenvalue weighted by atomic mass is 10.2. The predicted molar refractivity (Wildman–Crippen MR) is 95.3 cm³/mol. The first kappa shape index (κ1) is 16.7. The van der Waals surface area contributed by atoms with Crippen LogP contribution in [0, 0.1) is 0 Å². The monoisotopic (exact) mass is 346 g/mol. The third kappa shape index (κ3) is 4.23. The number of aromatic nitrogens is 2. The summed E-state index contributed by atoms with van der Waals surface area (Å²) in [6.45, 7) is 7.16. The molecule has 0 bridgehead atoms. The molecule has 6 nitrogen and oxygen atoms in total. The third-order valence-electron chi connectivity index (χ3n) is 3.63. The van der Waals surface area contributed by atoms with E-state index in [0.29, 0.717) is 0 Å². The van der Waals surface area contributed by atoms with E-state index in [1.54, 1.807) is 0 Å². The normalized spacial score (nSPS) is 17.8. The molecule has 2 aromatic rings. The highest BCUT2D eigenvalue weighted by Crippen LogP contribution is 2.26. The first-order chi connectivity index (χ1) is 11.4. The van der Waals surface area contributed by atoms with Crippen LogP contribution in [0.4, 0.5) is 9.93 Å². The molecule has 0 aliphatic carbocycles. The number of carbonyl (C=O) groups excluding carboxylic acids is 1. The second-order valence-electron chi connectivity index (χ2n) is 6.84. The van der Waals surface area contributed by atoms with Crippen molar-refractivity contribution < 1.29 is 9.53 Å². The van der Waals surface area contributed by atoms with Crippen LogP contribution in [-0.2, 0) is 4.74 Å². The Kier molecular flexibility index (Phi) is 4.71. The minimum atomic E-state index is -0.480. The van der Waals surface area contributed by atoms with Gasteiger partial charge in [0.25, 0.3) is 0 Å². The van der Waals surface area contributed by atoms with Gasteiger partial charge in [0, 0.05) is 30.2 Å². The van der Waals surface area contributed by atoms with Gasteiger partial charge in [-0.15, -0.1) is 0 Å². The van der Waals surface area contributed by atoms with Gasteiger partial charge in [0.2, 0.25) is 5.13 Å². The molecular weight excluding hydrogens is 324 g/mol. The van der Waals surface area contributed by atoms with Crippen LogP contribution in [-0.4, -0.2) is 40.2 Å². The zero-order chi connectivity index (χ0) is 17.2. The van der Waals surface area contributed by atoms with Gasteiger partial charge in [-0.05, 0) is 27.2 Å². The van der Waals surface area contributed by atoms with E-state index in [-0.39, 0.29) is 12.1 Å².